The summed E-state index contributed by atoms with van der Waals surface area (Å²) in [6, 6.07) is 5.61. The van der Waals surface area contributed by atoms with Gasteiger partial charge < -0.3 is 9.84 Å². The summed E-state index contributed by atoms with van der Waals surface area (Å²) in [5, 5.41) is 9.48. The first-order valence-electron chi connectivity index (χ1n) is 6.88. The van der Waals surface area contributed by atoms with Crippen molar-refractivity contribution in [2.75, 3.05) is 7.11 Å². The zero-order chi connectivity index (χ0) is 14.9. The van der Waals surface area contributed by atoms with Gasteiger partial charge in [0.05, 0.1) is 18.4 Å². The lowest BCUT2D eigenvalue weighted by Gasteiger charge is -2.38. The lowest BCUT2D eigenvalue weighted by molar-refractivity contribution is -0.148. The quantitative estimate of drug-likeness (QED) is 0.918. The van der Waals surface area contributed by atoms with Crippen LogP contribution < -0.4 is 4.74 Å². The Morgan fingerprint density at radius 1 is 1.45 bits per heavy atom. The number of methoxy groups -OCH3 is 1. The summed E-state index contributed by atoms with van der Waals surface area (Å²) in [5.41, 5.74) is 0.887. The second-order valence-electron chi connectivity index (χ2n) is 5.45. The van der Waals surface area contributed by atoms with E-state index in [0.717, 1.165) is 11.1 Å². The van der Waals surface area contributed by atoms with Gasteiger partial charge in [-0.1, -0.05) is 13.0 Å². The minimum absolute atomic E-state index is 0.00695. The molecule has 0 aliphatic heterocycles. The molecule has 2 unspecified atom stereocenters. The van der Waals surface area contributed by atoms with Gasteiger partial charge in [-0.25, -0.2) is 0 Å². The second-order valence-corrected chi connectivity index (χ2v) is 5.45. The predicted octanol–water partition coefficient (Wildman–Crippen LogP) is 2.58. The fourth-order valence-electron chi connectivity index (χ4n) is 3.25. The van der Waals surface area contributed by atoms with Crippen molar-refractivity contribution < 1.29 is 19.4 Å². The van der Waals surface area contributed by atoms with E-state index in [1.54, 1.807) is 14.0 Å². The number of benzene rings is 1. The summed E-state index contributed by atoms with van der Waals surface area (Å²) in [5.74, 6) is -0.961. The summed E-state index contributed by atoms with van der Waals surface area (Å²) in [7, 11) is 1.57. The molecule has 0 bridgehead atoms. The number of rotatable bonds is 4. The molecular formula is C16H20O4. The van der Waals surface area contributed by atoms with Crippen LogP contribution >= 0.6 is 0 Å². The number of aliphatic carboxylic acids is 1. The van der Waals surface area contributed by atoms with Gasteiger partial charge >= 0.3 is 5.97 Å². The van der Waals surface area contributed by atoms with Crippen LogP contribution in [-0.2, 0) is 21.4 Å². The second kappa shape index (κ2) is 5.27. The number of carbonyl (C=O) groups excluding carboxylic acids is 1. The van der Waals surface area contributed by atoms with Gasteiger partial charge in [-0.05, 0) is 43.0 Å². The number of hydrogen-bond acceptors (Lipinski definition) is 3. The number of carboxylic acid groups (broad SMARTS) is 1. The molecule has 108 valence electrons. The highest BCUT2D eigenvalue weighted by molar-refractivity contribution is 5.96. The molecular weight excluding hydrogens is 256 g/mol. The highest BCUT2D eigenvalue weighted by Crippen LogP contribution is 2.43. The summed E-state index contributed by atoms with van der Waals surface area (Å²) >= 11 is 0. The van der Waals surface area contributed by atoms with E-state index in [9.17, 15) is 14.7 Å². The van der Waals surface area contributed by atoms with Crippen LogP contribution in [0.1, 0.15) is 37.8 Å². The number of fused-ring (bicyclic) bond motifs is 1. The first-order valence-corrected chi connectivity index (χ1v) is 6.88. The van der Waals surface area contributed by atoms with E-state index >= 15 is 0 Å². The maximum Gasteiger partial charge on any atom is 0.307 e. The van der Waals surface area contributed by atoms with Crippen molar-refractivity contribution in [3.8, 4) is 5.75 Å². The molecule has 0 saturated carbocycles. The highest BCUT2D eigenvalue weighted by Gasteiger charge is 2.48. The Hall–Kier alpha value is -1.84. The number of aryl methyl sites for hydroxylation is 1. The van der Waals surface area contributed by atoms with Crippen LogP contribution in [0.15, 0.2) is 18.2 Å². The van der Waals surface area contributed by atoms with Gasteiger partial charge in [0.2, 0.25) is 0 Å². The number of hydrogen-bond donors (Lipinski definition) is 1. The summed E-state index contributed by atoms with van der Waals surface area (Å²) in [6.45, 7) is 3.57. The van der Waals surface area contributed by atoms with Crippen LogP contribution in [0.25, 0.3) is 0 Å². The van der Waals surface area contributed by atoms with Crippen molar-refractivity contribution in [3.05, 3.63) is 29.3 Å². The molecule has 1 aromatic rings. The zero-order valence-corrected chi connectivity index (χ0v) is 12.1. The number of ketones is 1. The lowest BCUT2D eigenvalue weighted by Crippen LogP contribution is -2.46. The molecule has 1 aromatic carbocycles. The third-order valence-corrected chi connectivity index (χ3v) is 4.48. The smallest absolute Gasteiger partial charge is 0.307 e. The molecule has 0 spiro atoms. The molecule has 1 N–H and O–H groups in total. The fourth-order valence-corrected chi connectivity index (χ4v) is 3.25. The van der Waals surface area contributed by atoms with Crippen molar-refractivity contribution in [2.45, 2.75) is 38.5 Å². The fraction of sp³-hybridized carbons (Fsp3) is 0.500. The minimum Gasteiger partial charge on any atom is -0.497 e. The van der Waals surface area contributed by atoms with Gasteiger partial charge in [0.25, 0.3) is 0 Å². The van der Waals surface area contributed by atoms with E-state index in [1.165, 1.54) is 0 Å². The van der Waals surface area contributed by atoms with E-state index in [0.29, 0.717) is 25.0 Å². The Morgan fingerprint density at radius 2 is 2.15 bits per heavy atom. The van der Waals surface area contributed by atoms with Crippen molar-refractivity contribution in [3.63, 3.8) is 0 Å². The summed E-state index contributed by atoms with van der Waals surface area (Å²) in [6.07, 6.45) is 1.50. The average Bonchev–Trinajstić information content (AvgIpc) is 2.43. The van der Waals surface area contributed by atoms with Crippen LogP contribution in [0.5, 0.6) is 5.75 Å². The third kappa shape index (κ3) is 2.09. The molecule has 0 aromatic heterocycles. The van der Waals surface area contributed by atoms with Gasteiger partial charge in [0.1, 0.15) is 11.5 Å². The van der Waals surface area contributed by atoms with E-state index in [1.807, 2.05) is 25.1 Å². The zero-order valence-electron chi connectivity index (χ0n) is 12.1. The minimum atomic E-state index is -0.970. The monoisotopic (exact) mass is 276 g/mol. The Labute approximate surface area is 118 Å². The Balaban J connectivity index is 2.63. The molecule has 0 heterocycles. The molecule has 0 amide bonds. The molecule has 1 aliphatic rings. The van der Waals surface area contributed by atoms with Gasteiger partial charge in [0.15, 0.2) is 0 Å². The Kier molecular flexibility index (Phi) is 3.84. The Morgan fingerprint density at radius 3 is 2.70 bits per heavy atom. The molecule has 0 radical (unpaired) electrons. The topological polar surface area (TPSA) is 63.6 Å². The normalized spacial score (nSPS) is 23.1. The number of Topliss-reactive ketones (excluding diaryl/α,β-unsaturated/α-hetero) is 1. The largest absolute Gasteiger partial charge is 0.497 e. The van der Waals surface area contributed by atoms with E-state index in [4.69, 9.17) is 4.74 Å². The molecule has 0 saturated heterocycles. The van der Waals surface area contributed by atoms with Crippen LogP contribution in [0, 0.1) is 5.92 Å². The molecule has 4 nitrogen and oxygen atoms in total. The van der Waals surface area contributed by atoms with Crippen LogP contribution in [0.3, 0.4) is 0 Å². The molecule has 2 rings (SSSR count). The predicted molar refractivity (Wildman–Crippen MR) is 75.1 cm³/mol. The molecule has 1 aliphatic carbocycles. The van der Waals surface area contributed by atoms with Crippen molar-refractivity contribution in [1.82, 2.24) is 0 Å². The van der Waals surface area contributed by atoms with Crippen molar-refractivity contribution in [1.29, 1.82) is 0 Å². The SMILES string of the molecule is CCC(C(=O)O)C1(C)C(=O)CCc2ccc(OC)cc21. The summed E-state index contributed by atoms with van der Waals surface area (Å²) < 4.78 is 5.22. The van der Waals surface area contributed by atoms with Gasteiger partial charge in [0, 0.05) is 6.42 Å². The Bertz CT molecular complexity index is 549. The molecule has 0 fully saturated rings. The molecule has 20 heavy (non-hydrogen) atoms. The average molecular weight is 276 g/mol. The van der Waals surface area contributed by atoms with Crippen LogP contribution in [-0.4, -0.2) is 24.0 Å². The van der Waals surface area contributed by atoms with Gasteiger partial charge in [-0.2, -0.15) is 0 Å². The molecule has 2 atom stereocenters. The van der Waals surface area contributed by atoms with E-state index in [-0.39, 0.29) is 5.78 Å². The highest BCUT2D eigenvalue weighted by atomic mass is 16.5. The van der Waals surface area contributed by atoms with Crippen molar-refractivity contribution in [2.24, 2.45) is 5.92 Å². The summed E-state index contributed by atoms with van der Waals surface area (Å²) in [4.78, 5) is 24.0. The standard InChI is InChI=1S/C16H20O4/c1-4-12(15(18)19)16(2)13-9-11(20-3)7-5-10(13)6-8-14(16)17/h5,7,9,12H,4,6,8H2,1-3H3,(H,18,19). The molecule has 4 heteroatoms. The van der Waals surface area contributed by atoms with E-state index < -0.39 is 17.3 Å². The number of ether oxygens (including phenoxy) is 1. The van der Waals surface area contributed by atoms with Gasteiger partial charge in [-0.3, -0.25) is 9.59 Å². The first-order chi connectivity index (χ1) is 9.44. The van der Waals surface area contributed by atoms with Gasteiger partial charge in [-0.15, -0.1) is 0 Å². The van der Waals surface area contributed by atoms with E-state index in [2.05, 4.69) is 0 Å². The van der Waals surface area contributed by atoms with Crippen LogP contribution in [0.4, 0.5) is 0 Å². The maximum absolute atomic E-state index is 12.5. The third-order valence-electron chi connectivity index (χ3n) is 4.48. The lowest BCUT2D eigenvalue weighted by atomic mass is 9.62. The number of carboxylic acids is 1. The first kappa shape index (κ1) is 14.6. The number of carbonyl (C=O) groups is 2. The van der Waals surface area contributed by atoms with Crippen LogP contribution in [0.2, 0.25) is 0 Å². The van der Waals surface area contributed by atoms with Crippen molar-refractivity contribution >= 4 is 11.8 Å². The maximum atomic E-state index is 12.5.